The largest absolute Gasteiger partial charge is 0.345 e. The fourth-order valence-corrected chi connectivity index (χ4v) is 4.52. The van der Waals surface area contributed by atoms with Gasteiger partial charge in [0, 0.05) is 61.3 Å². The number of hydrogen-bond acceptors (Lipinski definition) is 5. The molecular weight excluding hydrogens is 447 g/mol. The third kappa shape index (κ3) is 4.37. The highest BCUT2D eigenvalue weighted by Gasteiger charge is 2.24. The average Bonchev–Trinajstić information content (AvgIpc) is 3.40. The van der Waals surface area contributed by atoms with Crippen LogP contribution < -0.4 is 4.72 Å². The number of carbonyl (C=O) groups is 1. The Kier molecular flexibility index (Phi) is 6.00. The highest BCUT2D eigenvalue weighted by atomic mass is 32.2. The monoisotopic (exact) mass is 470 g/mol. The van der Waals surface area contributed by atoms with Crippen LogP contribution in [0.4, 0.5) is 10.1 Å². The molecule has 0 bridgehead atoms. The molecule has 0 saturated carbocycles. The van der Waals surface area contributed by atoms with Gasteiger partial charge in [0.05, 0.1) is 17.4 Å². The van der Waals surface area contributed by atoms with Crippen LogP contribution in [0.25, 0.3) is 22.2 Å². The molecule has 0 aliphatic rings. The van der Waals surface area contributed by atoms with E-state index in [9.17, 15) is 13.2 Å². The Labute approximate surface area is 190 Å². The Morgan fingerprint density at radius 1 is 1.24 bits per heavy atom. The Morgan fingerprint density at radius 2 is 2.03 bits per heavy atom. The number of fused-ring (bicyclic) bond motifs is 1. The molecule has 0 atom stereocenters. The molecule has 0 radical (unpaired) electrons. The molecule has 0 spiro atoms. The molecule has 0 aliphatic heterocycles. The topological polar surface area (TPSA) is 113 Å². The molecule has 33 heavy (non-hydrogen) atoms. The van der Waals surface area contributed by atoms with Crippen molar-refractivity contribution in [1.29, 1.82) is 0 Å². The Balaban J connectivity index is 1.71. The lowest BCUT2D eigenvalue weighted by Gasteiger charge is -2.18. The van der Waals surface area contributed by atoms with Gasteiger partial charge in [0.2, 0.25) is 0 Å². The van der Waals surface area contributed by atoms with Crippen molar-refractivity contribution in [3.05, 3.63) is 66.0 Å². The third-order valence-electron chi connectivity index (χ3n) is 5.25. The van der Waals surface area contributed by atoms with E-state index in [1.54, 1.807) is 30.2 Å². The highest BCUT2D eigenvalue weighted by Crippen LogP contribution is 2.28. The molecule has 0 unspecified atom stereocenters. The molecule has 1 aromatic carbocycles. The number of anilines is 1. The third-order valence-corrected chi connectivity index (χ3v) is 6.73. The summed E-state index contributed by atoms with van der Waals surface area (Å²) in [6.07, 6.45) is 7.24. The van der Waals surface area contributed by atoms with Crippen LogP contribution in [0.5, 0.6) is 0 Å². The van der Waals surface area contributed by atoms with Crippen LogP contribution in [0.2, 0.25) is 0 Å². The minimum Gasteiger partial charge on any atom is -0.345 e. The highest BCUT2D eigenvalue weighted by molar-refractivity contribution is 7.90. The minimum absolute atomic E-state index is 0.227. The van der Waals surface area contributed by atoms with Gasteiger partial charge < -0.3 is 4.98 Å². The number of halogens is 1. The van der Waals surface area contributed by atoms with Crippen molar-refractivity contribution >= 4 is 32.7 Å². The van der Waals surface area contributed by atoms with Crippen molar-refractivity contribution < 1.29 is 17.6 Å². The first kappa shape index (κ1) is 22.6. The summed E-state index contributed by atoms with van der Waals surface area (Å²) in [4.78, 5) is 20.5. The van der Waals surface area contributed by atoms with Crippen LogP contribution in [0.15, 0.2) is 49.1 Å². The van der Waals surface area contributed by atoms with E-state index in [2.05, 4.69) is 19.8 Å². The standard InChI is InChI=1S/C22H23FN6O3S/c1-4-8-29(3)33(31,32)27-19-7-5-6-16(20(19)23)21(30)18-12-25-22-17(18)9-14(10-24-22)15-11-26-28(2)13-15/h5-7,9-13,27H,4,8H2,1-3H3,(H,24,25). The van der Waals surface area contributed by atoms with Gasteiger partial charge in [-0.3, -0.25) is 14.2 Å². The fraction of sp³-hybridized carbons (Fsp3) is 0.227. The lowest BCUT2D eigenvalue weighted by atomic mass is 10.0. The predicted octanol–water partition coefficient (Wildman–Crippen LogP) is 3.33. The van der Waals surface area contributed by atoms with Gasteiger partial charge in [-0.25, -0.2) is 9.37 Å². The van der Waals surface area contributed by atoms with Gasteiger partial charge in [-0.05, 0) is 24.6 Å². The van der Waals surface area contributed by atoms with Crippen molar-refractivity contribution in [3.63, 3.8) is 0 Å². The summed E-state index contributed by atoms with van der Waals surface area (Å²) in [5.74, 6) is -1.53. The molecule has 3 aromatic heterocycles. The van der Waals surface area contributed by atoms with Crippen LogP contribution in [-0.2, 0) is 17.3 Å². The van der Waals surface area contributed by atoms with Crippen LogP contribution in [0, 0.1) is 5.82 Å². The zero-order valence-electron chi connectivity index (χ0n) is 18.3. The maximum atomic E-state index is 15.2. The van der Waals surface area contributed by atoms with Crippen LogP contribution >= 0.6 is 0 Å². The van der Waals surface area contributed by atoms with Crippen molar-refractivity contribution in [2.45, 2.75) is 13.3 Å². The first-order valence-electron chi connectivity index (χ1n) is 10.2. The van der Waals surface area contributed by atoms with E-state index in [0.717, 1.165) is 15.4 Å². The van der Waals surface area contributed by atoms with Crippen LogP contribution in [-0.4, -0.2) is 51.8 Å². The zero-order chi connectivity index (χ0) is 23.8. The number of carbonyl (C=O) groups excluding carboxylic acids is 1. The molecule has 4 rings (SSSR count). The molecule has 0 amide bonds. The Morgan fingerprint density at radius 3 is 2.73 bits per heavy atom. The molecular formula is C22H23FN6O3S. The quantitative estimate of drug-likeness (QED) is 0.384. The second kappa shape index (κ2) is 8.75. The van der Waals surface area contributed by atoms with Crippen LogP contribution in [0.1, 0.15) is 29.3 Å². The van der Waals surface area contributed by atoms with Gasteiger partial charge in [0.25, 0.3) is 0 Å². The molecule has 4 aromatic rings. The number of H-pyrrole nitrogens is 1. The lowest BCUT2D eigenvalue weighted by molar-refractivity contribution is 0.103. The van der Waals surface area contributed by atoms with Gasteiger partial charge in [-0.15, -0.1) is 0 Å². The molecule has 9 nitrogen and oxygen atoms in total. The molecule has 3 heterocycles. The fourth-order valence-electron chi connectivity index (χ4n) is 3.50. The summed E-state index contributed by atoms with van der Waals surface area (Å²) in [5, 5.41) is 4.67. The maximum Gasteiger partial charge on any atom is 0.301 e. The van der Waals surface area contributed by atoms with Gasteiger partial charge in [-0.2, -0.15) is 17.8 Å². The Hall–Kier alpha value is -3.57. The second-order valence-corrected chi connectivity index (χ2v) is 9.43. The van der Waals surface area contributed by atoms with E-state index >= 15 is 4.39 Å². The smallest absolute Gasteiger partial charge is 0.301 e. The van der Waals surface area contributed by atoms with E-state index in [-0.39, 0.29) is 23.4 Å². The molecule has 11 heteroatoms. The number of ketones is 1. The lowest BCUT2D eigenvalue weighted by Crippen LogP contribution is -2.33. The van der Waals surface area contributed by atoms with Crippen molar-refractivity contribution in [1.82, 2.24) is 24.1 Å². The van der Waals surface area contributed by atoms with Crippen molar-refractivity contribution in [2.24, 2.45) is 7.05 Å². The van der Waals surface area contributed by atoms with E-state index in [1.807, 2.05) is 13.1 Å². The maximum absolute atomic E-state index is 15.2. The van der Waals surface area contributed by atoms with Crippen molar-refractivity contribution in [2.75, 3.05) is 18.3 Å². The Bertz CT molecular complexity index is 1440. The van der Waals surface area contributed by atoms with Gasteiger partial charge in [0.1, 0.15) is 5.65 Å². The number of nitrogens with zero attached hydrogens (tertiary/aromatic N) is 4. The minimum atomic E-state index is -3.96. The normalized spacial score (nSPS) is 11.9. The van der Waals surface area contributed by atoms with E-state index < -0.39 is 21.8 Å². The molecule has 2 N–H and O–H groups in total. The SMILES string of the molecule is CCCN(C)S(=O)(=O)Nc1cccc(C(=O)c2c[nH]c3ncc(-c4cnn(C)c4)cc23)c1F. The molecule has 0 aliphatic carbocycles. The summed E-state index contributed by atoms with van der Waals surface area (Å²) in [6, 6.07) is 5.82. The van der Waals surface area contributed by atoms with E-state index in [4.69, 9.17) is 0 Å². The van der Waals surface area contributed by atoms with Crippen molar-refractivity contribution in [3.8, 4) is 11.1 Å². The number of hydrogen-bond donors (Lipinski definition) is 2. The molecule has 172 valence electrons. The molecule has 0 fully saturated rings. The number of aromatic amines is 1. The van der Waals surface area contributed by atoms with Crippen LogP contribution in [0.3, 0.4) is 0 Å². The number of rotatable bonds is 8. The first-order valence-corrected chi connectivity index (χ1v) is 11.7. The number of aromatic nitrogens is 4. The van der Waals surface area contributed by atoms with Gasteiger partial charge in [0.15, 0.2) is 11.6 Å². The van der Waals surface area contributed by atoms with Gasteiger partial charge >= 0.3 is 10.2 Å². The predicted molar refractivity (Wildman–Crippen MR) is 124 cm³/mol. The number of pyridine rings is 1. The summed E-state index contributed by atoms with van der Waals surface area (Å²) in [7, 11) is -0.759. The zero-order valence-corrected chi connectivity index (χ0v) is 19.1. The summed E-state index contributed by atoms with van der Waals surface area (Å²) in [6.45, 7) is 2.11. The van der Waals surface area contributed by atoms with Gasteiger partial charge in [-0.1, -0.05) is 13.0 Å². The van der Waals surface area contributed by atoms with E-state index in [0.29, 0.717) is 17.5 Å². The number of benzene rings is 1. The summed E-state index contributed by atoms with van der Waals surface area (Å²) in [5.41, 5.74) is 1.74. The van der Waals surface area contributed by atoms with E-state index in [1.165, 1.54) is 31.4 Å². The first-order chi connectivity index (χ1) is 15.7. The average molecular weight is 471 g/mol. The molecule has 0 saturated heterocycles. The summed E-state index contributed by atoms with van der Waals surface area (Å²) >= 11 is 0. The second-order valence-electron chi connectivity index (χ2n) is 7.65. The number of nitrogens with one attached hydrogen (secondary N) is 2. The number of aryl methyl sites for hydroxylation is 1. The summed E-state index contributed by atoms with van der Waals surface area (Å²) < 4.78 is 45.1.